The summed E-state index contributed by atoms with van der Waals surface area (Å²) in [5.74, 6) is 1.38. The molecule has 0 amide bonds. The van der Waals surface area contributed by atoms with E-state index in [1.54, 1.807) is 0 Å². The molecule has 308 valence electrons. The van der Waals surface area contributed by atoms with Gasteiger partial charge in [-0.3, -0.25) is 9.97 Å². The molecule has 9 aromatic rings. The number of pyridine rings is 1. The zero-order valence-electron chi connectivity index (χ0n) is 43.7. The SMILES string of the molecule is CC(C)c1cc(-c2ccccc2)cc(C(C)C)c1-n1c(-c2[c-]ccc3c2oc2cc(-c4ccccn4)ccc23)nc2ccccc21.[2H]C([2H])([2H])C1=C[N-]C(c2[c-]cc(C([2H])([2H])[2H])cc2)C=C1C([2H])([2H])[2H].[Ir+3]. The predicted molar refractivity (Wildman–Crippen MR) is 253 cm³/mol. The molecule has 0 spiro atoms. The van der Waals surface area contributed by atoms with Gasteiger partial charge in [0.25, 0.3) is 0 Å². The minimum atomic E-state index is -2.59. The summed E-state index contributed by atoms with van der Waals surface area (Å²) in [6.45, 7) is 1.69. The van der Waals surface area contributed by atoms with Crippen LogP contribution in [0.3, 0.4) is 0 Å². The van der Waals surface area contributed by atoms with Crippen molar-refractivity contribution in [2.45, 2.75) is 66.1 Å². The van der Waals surface area contributed by atoms with Crippen LogP contribution >= 0.6 is 0 Å². The van der Waals surface area contributed by atoms with Crippen LogP contribution < -0.4 is 0 Å². The molecule has 0 aliphatic carbocycles. The summed E-state index contributed by atoms with van der Waals surface area (Å²) >= 11 is 0. The molecule has 0 saturated carbocycles. The number of hydrogen-bond donors (Lipinski definition) is 0. The van der Waals surface area contributed by atoms with Crippen LogP contribution in [-0.4, -0.2) is 14.5 Å². The van der Waals surface area contributed by atoms with E-state index in [4.69, 9.17) is 21.7 Å². The molecule has 62 heavy (non-hydrogen) atoms. The van der Waals surface area contributed by atoms with Gasteiger partial charge in [0.15, 0.2) is 0 Å². The van der Waals surface area contributed by atoms with Crippen molar-refractivity contribution < 1.29 is 36.9 Å². The first kappa shape index (κ1) is 32.4. The van der Waals surface area contributed by atoms with E-state index in [0.29, 0.717) is 5.56 Å². The third kappa shape index (κ3) is 8.21. The number of rotatable bonds is 7. The first-order valence-electron chi connectivity index (χ1n) is 24.9. The normalized spacial score (nSPS) is 16.5. The Bertz CT molecular complexity index is 3400. The first-order chi connectivity index (χ1) is 33.3. The van der Waals surface area contributed by atoms with E-state index in [9.17, 15) is 0 Å². The van der Waals surface area contributed by atoms with E-state index in [0.717, 1.165) is 61.8 Å². The van der Waals surface area contributed by atoms with Crippen molar-refractivity contribution in [3.63, 3.8) is 0 Å². The minimum absolute atomic E-state index is 0. The summed E-state index contributed by atoms with van der Waals surface area (Å²) in [5.41, 5.74) is 12.6. The average Bonchev–Trinajstić information content (AvgIpc) is 3.92. The average molecular weight is 995 g/mol. The summed E-state index contributed by atoms with van der Waals surface area (Å²) in [4.78, 5) is 9.84. The predicted octanol–water partition coefficient (Wildman–Crippen LogP) is 15.4. The second-order valence-electron chi connectivity index (χ2n) is 15.8. The van der Waals surface area contributed by atoms with Crippen molar-refractivity contribution >= 4 is 33.0 Å². The van der Waals surface area contributed by atoms with E-state index >= 15 is 0 Å². The van der Waals surface area contributed by atoms with E-state index < -0.39 is 26.6 Å². The number of furan rings is 1. The molecule has 1 atom stereocenters. The summed E-state index contributed by atoms with van der Waals surface area (Å²) in [6, 6.07) is 50.0. The fourth-order valence-electron chi connectivity index (χ4n) is 7.94. The maximum atomic E-state index is 7.55. The summed E-state index contributed by atoms with van der Waals surface area (Å²) < 4.78 is 76.0. The summed E-state index contributed by atoms with van der Waals surface area (Å²) in [5, 5.41) is 6.19. The largest absolute Gasteiger partial charge is 3.00 e. The van der Waals surface area contributed by atoms with Crippen molar-refractivity contribution in [2.24, 2.45) is 0 Å². The number of para-hydroxylation sites is 2. The fraction of sp³-hybridized carbons (Fsp3) is 0.179. The number of allylic oxidation sites excluding steroid dienone is 2. The molecule has 6 heteroatoms. The van der Waals surface area contributed by atoms with Crippen LogP contribution in [0.4, 0.5) is 0 Å². The standard InChI is InChI=1S/C42H34N3O.C14H15N.Ir/c1-26(2)34-23-30(28-13-6-5-7-14-28)24-35(27(3)4)40(34)45-38-19-9-8-18-37(38)44-42(45)33-16-12-15-32-31-21-20-29(25-39(31)46-41(32)33)36-17-10-11-22-43-36;1-10-4-6-13(7-5-10)14-8-11(2)12(3)9-15-14;/h5-15,17-27H,1-4H3;4-6,8-9,14H,1-3H3;/q-1;-2;+3/i;1D3,2D3,3D3;. The second-order valence-corrected chi connectivity index (χ2v) is 15.8. The van der Waals surface area contributed by atoms with Crippen LogP contribution in [0.15, 0.2) is 167 Å². The van der Waals surface area contributed by atoms with Crippen molar-refractivity contribution in [3.8, 4) is 39.5 Å². The molecule has 1 unspecified atom stereocenters. The van der Waals surface area contributed by atoms with Crippen molar-refractivity contribution in [1.82, 2.24) is 14.5 Å². The third-order valence-corrected chi connectivity index (χ3v) is 11.1. The third-order valence-electron chi connectivity index (χ3n) is 11.1. The van der Waals surface area contributed by atoms with Crippen LogP contribution in [0.2, 0.25) is 0 Å². The summed E-state index contributed by atoms with van der Waals surface area (Å²) in [6.07, 6.45) is 4.15. The van der Waals surface area contributed by atoms with Crippen LogP contribution in [0.25, 0.3) is 77.7 Å². The quantitative estimate of drug-likeness (QED) is 0.150. The van der Waals surface area contributed by atoms with E-state index in [1.165, 1.54) is 52.2 Å². The number of nitrogens with zero attached hydrogens (tertiary/aromatic N) is 4. The molecule has 0 radical (unpaired) electrons. The number of fused-ring (bicyclic) bond motifs is 4. The van der Waals surface area contributed by atoms with Crippen LogP contribution in [0.1, 0.15) is 93.9 Å². The maximum Gasteiger partial charge on any atom is 3.00 e. The molecule has 10 rings (SSSR count). The van der Waals surface area contributed by atoms with Gasteiger partial charge in [0.05, 0.1) is 28.1 Å². The number of aromatic nitrogens is 3. The van der Waals surface area contributed by atoms with Gasteiger partial charge in [-0.25, -0.2) is 0 Å². The van der Waals surface area contributed by atoms with Gasteiger partial charge in [-0.2, -0.15) is 41.6 Å². The molecule has 3 aromatic heterocycles. The smallest absolute Gasteiger partial charge is 0.683 e. The Hall–Kier alpha value is -6.33. The van der Waals surface area contributed by atoms with E-state index in [2.05, 4.69) is 146 Å². The van der Waals surface area contributed by atoms with Crippen molar-refractivity contribution in [1.29, 1.82) is 0 Å². The number of aryl methyl sites for hydroxylation is 1. The van der Waals surface area contributed by atoms with Crippen LogP contribution in [0.5, 0.6) is 0 Å². The molecular formula is C56H49IrN4O. The van der Waals surface area contributed by atoms with E-state index in [-0.39, 0.29) is 48.7 Å². The summed E-state index contributed by atoms with van der Waals surface area (Å²) in [7, 11) is 0. The number of hydrogen-bond acceptors (Lipinski definition) is 3. The van der Waals surface area contributed by atoms with Crippen molar-refractivity contribution in [2.75, 3.05) is 0 Å². The zero-order chi connectivity index (χ0) is 49.7. The Balaban J connectivity index is 0.000000230. The molecule has 4 heterocycles. The molecule has 0 bridgehead atoms. The molecule has 0 saturated heterocycles. The zero-order valence-corrected chi connectivity index (χ0v) is 37.1. The van der Waals surface area contributed by atoms with Crippen molar-refractivity contribution in [3.05, 3.63) is 203 Å². The Morgan fingerprint density at radius 1 is 0.726 bits per heavy atom. The van der Waals surface area contributed by atoms with Crippen LogP contribution in [0, 0.1) is 19.0 Å². The Morgan fingerprint density at radius 2 is 1.50 bits per heavy atom. The van der Waals surface area contributed by atoms with Gasteiger partial charge in [0.2, 0.25) is 0 Å². The monoisotopic (exact) mass is 995 g/mol. The molecule has 1 aliphatic rings. The van der Waals surface area contributed by atoms with E-state index in [1.807, 2.05) is 30.5 Å². The van der Waals surface area contributed by atoms with Gasteiger partial charge in [-0.15, -0.1) is 18.2 Å². The van der Waals surface area contributed by atoms with Crippen LogP contribution in [-0.2, 0) is 20.1 Å². The van der Waals surface area contributed by atoms with Gasteiger partial charge in [0.1, 0.15) is 5.58 Å². The first-order valence-corrected chi connectivity index (χ1v) is 20.4. The molecule has 0 N–H and O–H groups in total. The number of imidazole rings is 1. The molecule has 0 fully saturated rings. The molecule has 1 aliphatic heterocycles. The Labute approximate surface area is 391 Å². The molecule has 6 aromatic carbocycles. The Kier molecular flexibility index (Phi) is 9.38. The fourth-order valence-corrected chi connectivity index (χ4v) is 7.94. The molecular weight excluding hydrogens is 937 g/mol. The Morgan fingerprint density at radius 3 is 2.21 bits per heavy atom. The van der Waals surface area contributed by atoms with Gasteiger partial charge >= 0.3 is 20.1 Å². The second kappa shape index (κ2) is 17.9. The van der Waals surface area contributed by atoms with Gasteiger partial charge in [-0.1, -0.05) is 129 Å². The minimum Gasteiger partial charge on any atom is -0.683 e. The number of benzene rings is 6. The van der Waals surface area contributed by atoms with Gasteiger partial charge in [0, 0.05) is 35.2 Å². The topological polar surface area (TPSA) is 58.0 Å². The maximum absolute atomic E-state index is 7.55. The van der Waals surface area contributed by atoms with Gasteiger partial charge in [-0.05, 0) is 90.3 Å². The van der Waals surface area contributed by atoms with Gasteiger partial charge < -0.3 is 14.3 Å². The molecule has 5 nitrogen and oxygen atoms in total.